The topological polar surface area (TPSA) is 44.7 Å². The van der Waals surface area contributed by atoms with Gasteiger partial charge in [-0.05, 0) is 13.3 Å². The van der Waals surface area contributed by atoms with Crippen LogP contribution >= 0.6 is 0 Å². The Kier molecular flexibility index (Phi) is 4.81. The van der Waals surface area contributed by atoms with Crippen LogP contribution in [0.3, 0.4) is 0 Å². The Morgan fingerprint density at radius 2 is 2.07 bits per heavy atom. The van der Waals surface area contributed by atoms with Crippen LogP contribution in [0.15, 0.2) is 0 Å². The van der Waals surface area contributed by atoms with E-state index in [2.05, 4.69) is 17.1 Å². The van der Waals surface area contributed by atoms with E-state index in [-0.39, 0.29) is 12.1 Å². The number of hydrogen-bond donors (Lipinski definition) is 2. The van der Waals surface area contributed by atoms with Gasteiger partial charge in [-0.2, -0.15) is 0 Å². The third kappa shape index (κ3) is 2.92. The van der Waals surface area contributed by atoms with Gasteiger partial charge in [0.15, 0.2) is 0 Å². The lowest BCUT2D eigenvalue weighted by Crippen LogP contribution is -2.57. The highest BCUT2D eigenvalue weighted by Crippen LogP contribution is 2.19. The monoisotopic (exact) mass is 202 g/mol. The molecule has 0 aromatic carbocycles. The quantitative estimate of drug-likeness (QED) is 0.641. The van der Waals surface area contributed by atoms with Gasteiger partial charge in [-0.3, -0.25) is 4.90 Å². The Balaban J connectivity index is 2.47. The summed E-state index contributed by atoms with van der Waals surface area (Å²) in [6.45, 7) is 7.08. The van der Waals surface area contributed by atoms with E-state index >= 15 is 0 Å². The molecule has 1 saturated heterocycles. The van der Waals surface area contributed by atoms with Crippen molar-refractivity contribution in [3.8, 4) is 0 Å². The van der Waals surface area contributed by atoms with E-state index in [1.54, 1.807) is 7.11 Å². The normalized spacial score (nSPS) is 23.4. The maximum atomic E-state index is 9.45. The minimum atomic E-state index is -0.113. The molecular weight excluding hydrogens is 180 g/mol. The molecule has 84 valence electrons. The average Bonchev–Trinajstić information content (AvgIpc) is 2.27. The highest BCUT2D eigenvalue weighted by atomic mass is 16.5. The molecule has 1 atom stereocenters. The van der Waals surface area contributed by atoms with E-state index in [1.807, 2.05) is 0 Å². The first-order valence-electron chi connectivity index (χ1n) is 5.28. The molecule has 1 aliphatic heterocycles. The van der Waals surface area contributed by atoms with Crippen molar-refractivity contribution in [1.29, 1.82) is 0 Å². The SMILES string of the molecule is COCCC(C)(CO)N1CCNCC1. The van der Waals surface area contributed by atoms with Gasteiger partial charge >= 0.3 is 0 Å². The molecule has 14 heavy (non-hydrogen) atoms. The van der Waals surface area contributed by atoms with Crippen molar-refractivity contribution in [2.75, 3.05) is 46.5 Å². The largest absolute Gasteiger partial charge is 0.394 e. The summed E-state index contributed by atoms with van der Waals surface area (Å²) in [5, 5.41) is 12.8. The van der Waals surface area contributed by atoms with Crippen molar-refractivity contribution < 1.29 is 9.84 Å². The van der Waals surface area contributed by atoms with E-state index in [4.69, 9.17) is 4.74 Å². The molecule has 0 amide bonds. The molecule has 0 spiro atoms. The molecule has 0 aliphatic carbocycles. The number of nitrogens with zero attached hydrogens (tertiary/aromatic N) is 1. The molecular formula is C10H22N2O2. The molecule has 0 radical (unpaired) electrons. The van der Waals surface area contributed by atoms with Crippen molar-refractivity contribution in [2.24, 2.45) is 0 Å². The van der Waals surface area contributed by atoms with Gasteiger partial charge in [-0.15, -0.1) is 0 Å². The van der Waals surface area contributed by atoms with Gasteiger partial charge in [-0.25, -0.2) is 0 Å². The number of piperazine rings is 1. The number of rotatable bonds is 5. The van der Waals surface area contributed by atoms with Crippen LogP contribution in [0.25, 0.3) is 0 Å². The zero-order valence-corrected chi connectivity index (χ0v) is 9.25. The zero-order chi connectivity index (χ0) is 10.4. The van der Waals surface area contributed by atoms with Crippen LogP contribution in [0.4, 0.5) is 0 Å². The fourth-order valence-corrected chi connectivity index (χ4v) is 1.86. The maximum Gasteiger partial charge on any atom is 0.0613 e. The number of methoxy groups -OCH3 is 1. The van der Waals surface area contributed by atoms with Crippen molar-refractivity contribution in [1.82, 2.24) is 10.2 Å². The zero-order valence-electron chi connectivity index (χ0n) is 9.25. The summed E-state index contributed by atoms with van der Waals surface area (Å²) in [4.78, 5) is 2.35. The minimum absolute atomic E-state index is 0.113. The van der Waals surface area contributed by atoms with Crippen molar-refractivity contribution in [3.05, 3.63) is 0 Å². The molecule has 2 N–H and O–H groups in total. The van der Waals surface area contributed by atoms with E-state index < -0.39 is 0 Å². The fourth-order valence-electron chi connectivity index (χ4n) is 1.86. The first-order chi connectivity index (χ1) is 6.73. The second kappa shape index (κ2) is 5.66. The summed E-state index contributed by atoms with van der Waals surface area (Å²) in [5.41, 5.74) is -0.113. The first kappa shape index (κ1) is 11.9. The van der Waals surface area contributed by atoms with Crippen molar-refractivity contribution >= 4 is 0 Å². The molecule has 1 rings (SSSR count). The lowest BCUT2D eigenvalue weighted by atomic mass is 9.96. The molecule has 1 aliphatic rings. The van der Waals surface area contributed by atoms with Crippen LogP contribution in [-0.2, 0) is 4.74 Å². The van der Waals surface area contributed by atoms with Crippen LogP contribution in [0.5, 0.6) is 0 Å². The third-order valence-electron chi connectivity index (χ3n) is 3.07. The lowest BCUT2D eigenvalue weighted by molar-refractivity contribution is 0.0103. The summed E-state index contributed by atoms with van der Waals surface area (Å²) < 4.78 is 5.08. The van der Waals surface area contributed by atoms with E-state index in [0.717, 1.165) is 32.6 Å². The van der Waals surface area contributed by atoms with Gasteiger partial charge in [0.05, 0.1) is 6.61 Å². The molecule has 1 fully saturated rings. The van der Waals surface area contributed by atoms with Gasteiger partial charge in [0.25, 0.3) is 0 Å². The Morgan fingerprint density at radius 1 is 1.43 bits per heavy atom. The Hall–Kier alpha value is -0.160. The van der Waals surface area contributed by atoms with Gasteiger partial charge < -0.3 is 15.2 Å². The summed E-state index contributed by atoms with van der Waals surface area (Å²) in [5.74, 6) is 0. The minimum Gasteiger partial charge on any atom is -0.394 e. The average molecular weight is 202 g/mol. The van der Waals surface area contributed by atoms with Gasteiger partial charge in [-0.1, -0.05) is 0 Å². The van der Waals surface area contributed by atoms with E-state index in [1.165, 1.54) is 0 Å². The van der Waals surface area contributed by atoms with Crippen LogP contribution in [0.2, 0.25) is 0 Å². The predicted octanol–water partition coefficient (Wildman–Crippen LogP) is -0.321. The molecule has 0 bridgehead atoms. The van der Waals surface area contributed by atoms with Crippen molar-refractivity contribution in [3.63, 3.8) is 0 Å². The summed E-state index contributed by atoms with van der Waals surface area (Å²) in [6.07, 6.45) is 0.889. The van der Waals surface area contributed by atoms with Crippen LogP contribution in [-0.4, -0.2) is 62.0 Å². The van der Waals surface area contributed by atoms with Crippen LogP contribution in [0, 0.1) is 0 Å². The number of hydrogen-bond acceptors (Lipinski definition) is 4. The van der Waals surface area contributed by atoms with Crippen molar-refractivity contribution in [2.45, 2.75) is 18.9 Å². The second-order valence-electron chi connectivity index (χ2n) is 4.13. The number of ether oxygens (including phenoxy) is 1. The summed E-state index contributed by atoms with van der Waals surface area (Å²) in [6, 6.07) is 0. The highest BCUT2D eigenvalue weighted by Gasteiger charge is 2.31. The smallest absolute Gasteiger partial charge is 0.0613 e. The maximum absolute atomic E-state index is 9.45. The predicted molar refractivity (Wildman–Crippen MR) is 56.4 cm³/mol. The standard InChI is InChI=1S/C10H22N2O2/c1-10(9-13,3-8-14-2)12-6-4-11-5-7-12/h11,13H,3-9H2,1-2H3. The van der Waals surface area contributed by atoms with Gasteiger partial charge in [0.1, 0.15) is 0 Å². The van der Waals surface area contributed by atoms with Crippen LogP contribution in [0.1, 0.15) is 13.3 Å². The van der Waals surface area contributed by atoms with Gasteiger partial charge in [0.2, 0.25) is 0 Å². The lowest BCUT2D eigenvalue weighted by Gasteiger charge is -2.42. The number of aliphatic hydroxyl groups excluding tert-OH is 1. The second-order valence-corrected chi connectivity index (χ2v) is 4.13. The number of nitrogens with one attached hydrogen (secondary N) is 1. The molecule has 0 aromatic rings. The molecule has 4 nitrogen and oxygen atoms in total. The summed E-state index contributed by atoms with van der Waals surface area (Å²) in [7, 11) is 1.70. The van der Waals surface area contributed by atoms with Gasteiger partial charge in [0, 0.05) is 45.4 Å². The first-order valence-corrected chi connectivity index (χ1v) is 5.28. The highest BCUT2D eigenvalue weighted by molar-refractivity contribution is 4.88. The van der Waals surface area contributed by atoms with Crippen LogP contribution < -0.4 is 5.32 Å². The Labute approximate surface area is 86.2 Å². The Bertz CT molecular complexity index is 160. The molecule has 0 aromatic heterocycles. The molecule has 0 saturated carbocycles. The van der Waals surface area contributed by atoms with E-state index in [0.29, 0.717) is 6.61 Å². The summed E-state index contributed by atoms with van der Waals surface area (Å²) >= 11 is 0. The number of aliphatic hydroxyl groups is 1. The molecule has 1 heterocycles. The molecule has 1 unspecified atom stereocenters. The molecule has 4 heteroatoms. The fraction of sp³-hybridized carbons (Fsp3) is 1.00. The Morgan fingerprint density at radius 3 is 2.57 bits per heavy atom. The van der Waals surface area contributed by atoms with E-state index in [9.17, 15) is 5.11 Å². The third-order valence-corrected chi connectivity index (χ3v) is 3.07.